The Bertz CT molecular complexity index is 758. The number of pyridine rings is 1. The van der Waals surface area contributed by atoms with Gasteiger partial charge in [0.05, 0.1) is 25.3 Å². The molecule has 0 radical (unpaired) electrons. The third-order valence-corrected chi connectivity index (χ3v) is 5.25. The predicted octanol–water partition coefficient (Wildman–Crippen LogP) is 6.30. The summed E-state index contributed by atoms with van der Waals surface area (Å²) in [7, 11) is 5.55. The maximum atomic E-state index is 5.63. The number of ether oxygens (including phenoxy) is 2. The molecule has 28 heavy (non-hydrogen) atoms. The van der Waals surface area contributed by atoms with Crippen molar-refractivity contribution in [1.82, 2.24) is 4.98 Å². The fourth-order valence-electron chi connectivity index (χ4n) is 3.67. The molecular formula is C24H36N2O2. The van der Waals surface area contributed by atoms with Crippen LogP contribution < -0.4 is 14.4 Å². The number of rotatable bonds is 13. The molecule has 2 aromatic rings. The van der Waals surface area contributed by atoms with Crippen LogP contribution in [0.3, 0.4) is 0 Å². The standard InChI is InChI=1S/C24H36N2O2/c1-6-7-8-9-10-11-12-13-14-17-26(3)20-18-19(2)25-24-22(28-5)16-15-21(27-4)23(20)24/h6,15-16,18H,1,7-14,17H2,2-5H3. The molecule has 0 saturated carbocycles. The molecule has 154 valence electrons. The van der Waals surface area contributed by atoms with Gasteiger partial charge in [0.1, 0.15) is 17.0 Å². The van der Waals surface area contributed by atoms with E-state index in [4.69, 9.17) is 14.5 Å². The van der Waals surface area contributed by atoms with E-state index in [1.807, 2.05) is 25.1 Å². The molecule has 0 fully saturated rings. The summed E-state index contributed by atoms with van der Waals surface area (Å²) in [5, 5.41) is 1.03. The number of aryl methyl sites for hydroxylation is 1. The van der Waals surface area contributed by atoms with Gasteiger partial charge in [-0.2, -0.15) is 0 Å². The molecule has 0 aliphatic heterocycles. The minimum Gasteiger partial charge on any atom is -0.496 e. The normalized spacial score (nSPS) is 10.9. The Morgan fingerprint density at radius 3 is 2.21 bits per heavy atom. The average molecular weight is 385 g/mol. The minimum atomic E-state index is 0.783. The van der Waals surface area contributed by atoms with Crippen LogP contribution in [-0.2, 0) is 0 Å². The van der Waals surface area contributed by atoms with Gasteiger partial charge >= 0.3 is 0 Å². The zero-order valence-corrected chi connectivity index (χ0v) is 18.1. The van der Waals surface area contributed by atoms with E-state index in [9.17, 15) is 0 Å². The van der Waals surface area contributed by atoms with E-state index >= 15 is 0 Å². The highest BCUT2D eigenvalue weighted by molar-refractivity contribution is 6.00. The van der Waals surface area contributed by atoms with Gasteiger partial charge in [-0.25, -0.2) is 4.98 Å². The topological polar surface area (TPSA) is 34.6 Å². The maximum Gasteiger partial charge on any atom is 0.145 e. The fraction of sp³-hybridized carbons (Fsp3) is 0.542. The summed E-state index contributed by atoms with van der Waals surface area (Å²) in [6, 6.07) is 6.03. The number of unbranched alkanes of at least 4 members (excludes halogenated alkanes) is 7. The van der Waals surface area contributed by atoms with Crippen molar-refractivity contribution in [3.63, 3.8) is 0 Å². The third kappa shape index (κ3) is 5.88. The first-order valence-corrected chi connectivity index (χ1v) is 10.5. The van der Waals surface area contributed by atoms with E-state index in [2.05, 4.69) is 24.6 Å². The number of aromatic nitrogens is 1. The van der Waals surface area contributed by atoms with Gasteiger partial charge < -0.3 is 14.4 Å². The Kier molecular flexibility index (Phi) is 9.12. The molecule has 1 aromatic heterocycles. The fourth-order valence-corrected chi connectivity index (χ4v) is 3.67. The summed E-state index contributed by atoms with van der Waals surface area (Å²) in [5.74, 6) is 1.62. The lowest BCUT2D eigenvalue weighted by molar-refractivity contribution is 0.409. The van der Waals surface area contributed by atoms with E-state index in [-0.39, 0.29) is 0 Å². The zero-order valence-electron chi connectivity index (χ0n) is 18.1. The van der Waals surface area contributed by atoms with Gasteiger partial charge in [-0.1, -0.05) is 38.2 Å². The van der Waals surface area contributed by atoms with E-state index in [0.29, 0.717) is 0 Å². The molecule has 0 atom stereocenters. The van der Waals surface area contributed by atoms with Crippen LogP contribution in [0.4, 0.5) is 5.69 Å². The molecule has 0 amide bonds. The van der Waals surface area contributed by atoms with Crippen LogP contribution in [-0.4, -0.2) is 32.8 Å². The van der Waals surface area contributed by atoms with Crippen LogP contribution in [0.2, 0.25) is 0 Å². The third-order valence-electron chi connectivity index (χ3n) is 5.25. The number of allylic oxidation sites excluding steroid dienone is 1. The number of fused-ring (bicyclic) bond motifs is 1. The summed E-state index contributed by atoms with van der Waals surface area (Å²) < 4.78 is 11.2. The molecule has 4 heteroatoms. The van der Waals surface area contributed by atoms with E-state index < -0.39 is 0 Å². The molecular weight excluding hydrogens is 348 g/mol. The monoisotopic (exact) mass is 384 g/mol. The van der Waals surface area contributed by atoms with Crippen LogP contribution in [0.25, 0.3) is 10.9 Å². The number of anilines is 1. The van der Waals surface area contributed by atoms with Crippen molar-refractivity contribution in [2.24, 2.45) is 0 Å². The lowest BCUT2D eigenvalue weighted by atomic mass is 10.1. The molecule has 0 aliphatic rings. The Morgan fingerprint density at radius 1 is 0.964 bits per heavy atom. The number of methoxy groups -OCH3 is 2. The summed E-state index contributed by atoms with van der Waals surface area (Å²) in [6.45, 7) is 6.83. The van der Waals surface area contributed by atoms with Crippen molar-refractivity contribution in [3.8, 4) is 11.5 Å². The Balaban J connectivity index is 1.99. The van der Waals surface area contributed by atoms with Crippen molar-refractivity contribution < 1.29 is 9.47 Å². The highest BCUT2D eigenvalue weighted by Crippen LogP contribution is 2.38. The van der Waals surface area contributed by atoms with Crippen molar-refractivity contribution in [2.45, 2.75) is 58.3 Å². The molecule has 1 heterocycles. The Hall–Kier alpha value is -2.23. The molecule has 0 bridgehead atoms. The Labute approximate surface area is 170 Å². The molecule has 2 rings (SSSR count). The van der Waals surface area contributed by atoms with Gasteiger partial charge in [0.15, 0.2) is 0 Å². The predicted molar refractivity (Wildman–Crippen MR) is 120 cm³/mol. The molecule has 0 unspecified atom stereocenters. The molecule has 0 aliphatic carbocycles. The van der Waals surface area contributed by atoms with Crippen molar-refractivity contribution >= 4 is 16.6 Å². The zero-order chi connectivity index (χ0) is 20.4. The summed E-state index contributed by atoms with van der Waals surface area (Å²) >= 11 is 0. The largest absolute Gasteiger partial charge is 0.496 e. The van der Waals surface area contributed by atoms with Crippen LogP contribution >= 0.6 is 0 Å². The lowest BCUT2D eigenvalue weighted by Gasteiger charge is -2.23. The van der Waals surface area contributed by atoms with Gasteiger partial charge in [0.2, 0.25) is 0 Å². The quantitative estimate of drug-likeness (QED) is 0.300. The summed E-state index contributed by atoms with van der Waals surface area (Å²) in [5.41, 5.74) is 3.01. The molecule has 0 saturated heterocycles. The van der Waals surface area contributed by atoms with Crippen LogP contribution in [0.5, 0.6) is 11.5 Å². The van der Waals surface area contributed by atoms with Gasteiger partial charge in [-0.05, 0) is 44.4 Å². The molecule has 0 N–H and O–H groups in total. The molecule has 1 aromatic carbocycles. The average Bonchev–Trinajstić information content (AvgIpc) is 2.70. The number of nitrogens with zero attached hydrogens (tertiary/aromatic N) is 2. The van der Waals surface area contributed by atoms with Gasteiger partial charge in [0.25, 0.3) is 0 Å². The second kappa shape index (κ2) is 11.6. The van der Waals surface area contributed by atoms with Gasteiger partial charge in [-0.3, -0.25) is 0 Å². The first kappa shape index (κ1) is 22.1. The van der Waals surface area contributed by atoms with Crippen molar-refractivity contribution in [3.05, 3.63) is 36.5 Å². The lowest BCUT2D eigenvalue weighted by Crippen LogP contribution is -2.19. The van der Waals surface area contributed by atoms with E-state index in [1.165, 1.54) is 44.9 Å². The summed E-state index contributed by atoms with van der Waals surface area (Å²) in [6.07, 6.45) is 12.2. The second-order valence-electron chi connectivity index (χ2n) is 7.45. The first-order valence-electron chi connectivity index (χ1n) is 10.5. The molecule has 4 nitrogen and oxygen atoms in total. The highest BCUT2D eigenvalue weighted by atomic mass is 16.5. The SMILES string of the molecule is C=CCCCCCCCCCN(C)c1cc(C)nc2c(OC)ccc(OC)c12. The van der Waals surface area contributed by atoms with E-state index in [0.717, 1.165) is 46.7 Å². The van der Waals surface area contributed by atoms with Gasteiger partial charge in [-0.15, -0.1) is 6.58 Å². The molecule has 0 spiro atoms. The number of benzene rings is 1. The van der Waals surface area contributed by atoms with Crippen molar-refractivity contribution in [2.75, 3.05) is 32.7 Å². The minimum absolute atomic E-state index is 0.783. The van der Waals surface area contributed by atoms with Gasteiger partial charge in [0, 0.05) is 19.3 Å². The Morgan fingerprint density at radius 2 is 1.57 bits per heavy atom. The van der Waals surface area contributed by atoms with E-state index in [1.54, 1.807) is 14.2 Å². The highest BCUT2D eigenvalue weighted by Gasteiger charge is 2.16. The van der Waals surface area contributed by atoms with Crippen LogP contribution in [0, 0.1) is 6.92 Å². The van der Waals surface area contributed by atoms with Crippen LogP contribution in [0.1, 0.15) is 57.1 Å². The first-order chi connectivity index (χ1) is 13.6. The smallest absolute Gasteiger partial charge is 0.145 e. The number of hydrogen-bond acceptors (Lipinski definition) is 4. The van der Waals surface area contributed by atoms with Crippen molar-refractivity contribution in [1.29, 1.82) is 0 Å². The second-order valence-corrected chi connectivity index (χ2v) is 7.45. The summed E-state index contributed by atoms with van der Waals surface area (Å²) in [4.78, 5) is 7.03. The maximum absolute atomic E-state index is 5.63. The number of hydrogen-bond donors (Lipinski definition) is 0. The van der Waals surface area contributed by atoms with Crippen LogP contribution in [0.15, 0.2) is 30.9 Å².